The van der Waals surface area contributed by atoms with Crippen LogP contribution < -0.4 is 10.2 Å². The maximum Gasteiger partial charge on any atom is 0.336 e. The second-order valence-corrected chi connectivity index (χ2v) is 5.28. The first kappa shape index (κ1) is 17.8. The van der Waals surface area contributed by atoms with E-state index in [2.05, 4.69) is 15.5 Å². The minimum atomic E-state index is -0.537. The number of carbonyl (C=O) groups excluding carboxylic acids is 2. The molecule has 1 N–H and O–H groups in total. The Morgan fingerprint density at radius 1 is 1.15 bits per heavy atom. The molecule has 7 heteroatoms. The van der Waals surface area contributed by atoms with Crippen molar-refractivity contribution in [3.63, 3.8) is 0 Å². The quantitative estimate of drug-likeness (QED) is 0.239. The molecular formula is C20H15N3O4. The number of amides is 1. The predicted molar refractivity (Wildman–Crippen MR) is 99.1 cm³/mol. The van der Waals surface area contributed by atoms with Gasteiger partial charge in [-0.05, 0) is 48.0 Å². The van der Waals surface area contributed by atoms with E-state index in [4.69, 9.17) is 9.15 Å². The molecule has 27 heavy (non-hydrogen) atoms. The fraction of sp³-hybridized carbons (Fsp3) is 0. The molecule has 0 aliphatic rings. The summed E-state index contributed by atoms with van der Waals surface area (Å²) in [6, 6.07) is 13.5. The van der Waals surface area contributed by atoms with Crippen LogP contribution in [0.2, 0.25) is 0 Å². The molecule has 0 saturated heterocycles. The number of rotatable bonds is 6. The van der Waals surface area contributed by atoms with Gasteiger partial charge in [0.15, 0.2) is 0 Å². The Kier molecular flexibility index (Phi) is 5.88. The van der Waals surface area contributed by atoms with Gasteiger partial charge in [-0.2, -0.15) is 5.10 Å². The maximum absolute atomic E-state index is 11.9. The first-order valence-electron chi connectivity index (χ1n) is 7.97. The maximum atomic E-state index is 11.9. The van der Waals surface area contributed by atoms with Crippen LogP contribution in [-0.4, -0.2) is 23.1 Å². The highest BCUT2D eigenvalue weighted by Crippen LogP contribution is 2.13. The van der Waals surface area contributed by atoms with Crippen LogP contribution in [0.5, 0.6) is 5.75 Å². The summed E-state index contributed by atoms with van der Waals surface area (Å²) in [7, 11) is 0. The third kappa shape index (κ3) is 5.50. The van der Waals surface area contributed by atoms with E-state index >= 15 is 0 Å². The second kappa shape index (κ2) is 8.91. The number of pyridine rings is 1. The molecule has 7 nitrogen and oxygen atoms in total. The Balaban J connectivity index is 1.56. The number of ether oxygens (including phenoxy) is 1. The Morgan fingerprint density at radius 2 is 2.07 bits per heavy atom. The highest BCUT2D eigenvalue weighted by Gasteiger charge is 2.04. The number of furan rings is 1. The van der Waals surface area contributed by atoms with Gasteiger partial charge in [0.05, 0.1) is 18.0 Å². The third-order valence-corrected chi connectivity index (χ3v) is 3.31. The molecule has 2 aromatic heterocycles. The van der Waals surface area contributed by atoms with Crippen molar-refractivity contribution < 1.29 is 18.7 Å². The summed E-state index contributed by atoms with van der Waals surface area (Å²) >= 11 is 0. The van der Waals surface area contributed by atoms with Crippen LogP contribution in [0.3, 0.4) is 0 Å². The van der Waals surface area contributed by atoms with Crippen LogP contribution in [0.4, 0.5) is 0 Å². The molecule has 0 bridgehead atoms. The topological polar surface area (TPSA) is 93.8 Å². The van der Waals surface area contributed by atoms with E-state index < -0.39 is 5.97 Å². The van der Waals surface area contributed by atoms with Crippen LogP contribution in [0.25, 0.3) is 6.08 Å². The summed E-state index contributed by atoms with van der Waals surface area (Å²) < 4.78 is 10.3. The van der Waals surface area contributed by atoms with Gasteiger partial charge in [-0.1, -0.05) is 12.1 Å². The zero-order valence-electron chi connectivity index (χ0n) is 14.1. The summed E-state index contributed by atoms with van der Waals surface area (Å²) in [5.74, 6) is -0.000752. The van der Waals surface area contributed by atoms with E-state index in [1.807, 2.05) is 0 Å². The van der Waals surface area contributed by atoms with Gasteiger partial charge in [-0.15, -0.1) is 0 Å². The molecule has 134 valence electrons. The number of aromatic nitrogens is 1. The summed E-state index contributed by atoms with van der Waals surface area (Å²) in [5, 5.41) is 3.89. The van der Waals surface area contributed by atoms with Crippen LogP contribution in [0.1, 0.15) is 21.7 Å². The average molecular weight is 361 g/mol. The fourth-order valence-corrected chi connectivity index (χ4v) is 2.07. The molecule has 0 fully saturated rings. The number of nitrogens with zero attached hydrogens (tertiary/aromatic N) is 2. The third-order valence-electron chi connectivity index (χ3n) is 3.31. The minimum absolute atomic E-state index is 0.353. The SMILES string of the molecule is O=C(/C=C/c1ccco1)Oc1cccc(/C=N\NC(=O)c2cccnc2)c1. The number of hydrogen-bond donors (Lipinski definition) is 1. The monoisotopic (exact) mass is 361 g/mol. The van der Waals surface area contributed by atoms with Gasteiger partial charge < -0.3 is 9.15 Å². The number of esters is 1. The second-order valence-electron chi connectivity index (χ2n) is 5.28. The molecule has 0 aliphatic carbocycles. The summed E-state index contributed by atoms with van der Waals surface area (Å²) in [6.07, 6.45) is 8.78. The van der Waals surface area contributed by atoms with Crippen molar-refractivity contribution in [3.8, 4) is 5.75 Å². The Hall–Kier alpha value is -4.00. The standard InChI is InChI=1S/C20H15N3O4/c24-19(9-8-17-7-3-11-26-17)27-18-6-1-4-15(12-18)13-22-23-20(25)16-5-2-10-21-14-16/h1-14H,(H,23,25)/b9-8+,22-13-. The van der Waals surface area contributed by atoms with Crippen molar-refractivity contribution in [3.05, 3.63) is 90.2 Å². The fourth-order valence-electron chi connectivity index (χ4n) is 2.07. The molecule has 1 amide bonds. The van der Waals surface area contributed by atoms with Crippen LogP contribution in [0, 0.1) is 0 Å². The molecule has 0 saturated carbocycles. The number of nitrogens with one attached hydrogen (secondary N) is 1. The Bertz CT molecular complexity index is 964. The van der Waals surface area contributed by atoms with E-state index in [0.717, 1.165) is 0 Å². The molecule has 0 aliphatic heterocycles. The van der Waals surface area contributed by atoms with Crippen molar-refractivity contribution in [2.45, 2.75) is 0 Å². The van der Waals surface area contributed by atoms with E-state index in [0.29, 0.717) is 22.6 Å². The average Bonchev–Trinajstić information content (AvgIpc) is 3.21. The van der Waals surface area contributed by atoms with E-state index in [1.165, 1.54) is 30.8 Å². The predicted octanol–water partition coefficient (Wildman–Crippen LogP) is 3.06. The van der Waals surface area contributed by atoms with Crippen molar-refractivity contribution in [2.75, 3.05) is 0 Å². The number of hydrazone groups is 1. The highest BCUT2D eigenvalue weighted by atomic mass is 16.5. The zero-order chi connectivity index (χ0) is 18.9. The van der Waals surface area contributed by atoms with Gasteiger partial charge in [0, 0.05) is 18.5 Å². The van der Waals surface area contributed by atoms with Crippen molar-refractivity contribution in [1.29, 1.82) is 0 Å². The zero-order valence-corrected chi connectivity index (χ0v) is 14.1. The summed E-state index contributed by atoms with van der Waals surface area (Å²) in [6.45, 7) is 0. The molecule has 0 spiro atoms. The summed E-state index contributed by atoms with van der Waals surface area (Å²) in [5.41, 5.74) is 3.46. The molecule has 2 heterocycles. The van der Waals surface area contributed by atoms with Crippen LogP contribution in [0.15, 0.2) is 82.8 Å². The molecular weight excluding hydrogens is 346 g/mol. The number of benzene rings is 1. The Morgan fingerprint density at radius 3 is 2.85 bits per heavy atom. The molecule has 1 aromatic carbocycles. The van der Waals surface area contributed by atoms with E-state index in [1.54, 1.807) is 54.7 Å². The number of carbonyl (C=O) groups is 2. The molecule has 0 atom stereocenters. The van der Waals surface area contributed by atoms with Gasteiger partial charge in [0.1, 0.15) is 11.5 Å². The van der Waals surface area contributed by atoms with Crippen molar-refractivity contribution in [2.24, 2.45) is 5.10 Å². The Labute approximate surface area is 155 Å². The lowest BCUT2D eigenvalue weighted by Gasteiger charge is -2.02. The molecule has 3 rings (SSSR count). The van der Waals surface area contributed by atoms with Crippen molar-refractivity contribution >= 4 is 24.2 Å². The smallest absolute Gasteiger partial charge is 0.336 e. The van der Waals surface area contributed by atoms with Gasteiger partial charge in [0.25, 0.3) is 5.91 Å². The van der Waals surface area contributed by atoms with Gasteiger partial charge in [-0.3, -0.25) is 9.78 Å². The first-order valence-corrected chi connectivity index (χ1v) is 7.97. The summed E-state index contributed by atoms with van der Waals surface area (Å²) in [4.78, 5) is 27.6. The molecule has 0 unspecified atom stereocenters. The minimum Gasteiger partial charge on any atom is -0.465 e. The lowest BCUT2D eigenvalue weighted by atomic mass is 10.2. The van der Waals surface area contributed by atoms with Gasteiger partial charge >= 0.3 is 5.97 Å². The van der Waals surface area contributed by atoms with Gasteiger partial charge in [-0.25, -0.2) is 10.2 Å². The number of hydrogen-bond acceptors (Lipinski definition) is 6. The largest absolute Gasteiger partial charge is 0.465 e. The lowest BCUT2D eigenvalue weighted by Crippen LogP contribution is -2.17. The molecule has 3 aromatic rings. The van der Waals surface area contributed by atoms with Gasteiger partial charge in [0.2, 0.25) is 0 Å². The van der Waals surface area contributed by atoms with E-state index in [-0.39, 0.29) is 5.91 Å². The van der Waals surface area contributed by atoms with Crippen molar-refractivity contribution in [1.82, 2.24) is 10.4 Å². The normalized spacial score (nSPS) is 11.0. The highest BCUT2D eigenvalue weighted by molar-refractivity contribution is 5.94. The van der Waals surface area contributed by atoms with Crippen LogP contribution in [-0.2, 0) is 4.79 Å². The molecule has 0 radical (unpaired) electrons. The lowest BCUT2D eigenvalue weighted by molar-refractivity contribution is -0.128. The first-order chi connectivity index (χ1) is 13.2. The van der Waals surface area contributed by atoms with Crippen LogP contribution >= 0.6 is 0 Å². The van der Waals surface area contributed by atoms with E-state index in [9.17, 15) is 9.59 Å².